The van der Waals surface area contributed by atoms with Crippen molar-refractivity contribution in [1.82, 2.24) is 10.2 Å². The number of benzene rings is 1. The lowest BCUT2D eigenvalue weighted by atomic mass is 9.84. The van der Waals surface area contributed by atoms with Crippen LogP contribution in [-0.4, -0.2) is 79.8 Å². The second-order valence-corrected chi connectivity index (χ2v) is 20.1. The standard InChI is InChI=1S/C29H44F2N4O5SSi/c1-27(2,3)24(40-14-15-42(5,6)7)35(26(37)38)25-34-29(18-30,20-16-19(32)8-9-21(20)31)22-17-28(22,41-25)11-10-23(36)33-12-13-39-4/h8-11,16,22,24H,12-15,17-18,32H2,1-7H3,(H,33,36)(H,37,38)/t22-,24?,28+,29-/m1/s1. The molecule has 1 fully saturated rings. The smallest absolute Gasteiger partial charge is 0.415 e. The average molecular weight is 627 g/mol. The Morgan fingerprint density at radius 3 is 2.60 bits per heavy atom. The summed E-state index contributed by atoms with van der Waals surface area (Å²) in [7, 11) is 0.0191. The van der Waals surface area contributed by atoms with Crippen molar-refractivity contribution >= 4 is 42.7 Å². The first kappa shape index (κ1) is 34.0. The molecule has 4 N–H and O–H groups in total. The molecule has 0 spiro atoms. The molecule has 234 valence electrons. The number of rotatable bonds is 12. The number of nitrogens with two attached hydrogens (primary N) is 1. The number of amides is 2. The lowest BCUT2D eigenvalue weighted by Crippen LogP contribution is -2.53. The molecule has 3 rings (SSSR count). The Morgan fingerprint density at radius 2 is 2.02 bits per heavy atom. The SMILES string of the molecule is COCCNC(=O)C=C[C@]12C[C@H]1[C@@](CF)(c1cc(N)ccc1F)N=C(N(C(=O)O)C(OCC[Si](C)(C)C)C(C)(C)C)S2. The van der Waals surface area contributed by atoms with E-state index in [0.717, 1.165) is 28.8 Å². The van der Waals surface area contributed by atoms with Gasteiger partial charge in [-0.3, -0.25) is 4.79 Å². The molecule has 13 heteroatoms. The number of alkyl halides is 1. The number of carbonyl (C=O) groups is 2. The van der Waals surface area contributed by atoms with Crippen LogP contribution in [0.15, 0.2) is 35.3 Å². The molecule has 0 saturated heterocycles. The van der Waals surface area contributed by atoms with Gasteiger partial charge in [0.25, 0.3) is 0 Å². The van der Waals surface area contributed by atoms with Crippen LogP contribution in [0.3, 0.4) is 0 Å². The number of fused-ring (bicyclic) bond motifs is 1. The van der Waals surface area contributed by atoms with E-state index in [1.807, 2.05) is 20.8 Å². The monoisotopic (exact) mass is 626 g/mol. The van der Waals surface area contributed by atoms with Gasteiger partial charge in [0.2, 0.25) is 5.91 Å². The lowest BCUT2D eigenvalue weighted by Gasteiger charge is -2.42. The van der Waals surface area contributed by atoms with Gasteiger partial charge in [0.05, 0.1) is 6.61 Å². The third-order valence-electron chi connectivity index (χ3n) is 7.40. The molecule has 1 saturated carbocycles. The number of methoxy groups -OCH3 is 1. The molecule has 2 amide bonds. The maximum atomic E-state index is 15.4. The van der Waals surface area contributed by atoms with Gasteiger partial charge >= 0.3 is 6.09 Å². The van der Waals surface area contributed by atoms with Gasteiger partial charge in [0.1, 0.15) is 24.3 Å². The summed E-state index contributed by atoms with van der Waals surface area (Å²) in [5.41, 5.74) is 3.72. The summed E-state index contributed by atoms with van der Waals surface area (Å²) in [6.07, 6.45) is 1.04. The highest BCUT2D eigenvalue weighted by atomic mass is 32.2. The molecule has 1 heterocycles. The second-order valence-electron chi connectivity index (χ2n) is 13.2. The number of ether oxygens (including phenoxy) is 2. The Balaban J connectivity index is 2.13. The van der Waals surface area contributed by atoms with Crippen molar-refractivity contribution in [3.8, 4) is 0 Å². The largest absolute Gasteiger partial charge is 0.465 e. The number of aliphatic imine (C=N–C) groups is 1. The predicted octanol–water partition coefficient (Wildman–Crippen LogP) is 5.46. The molecule has 2 aliphatic rings. The molecular formula is C29H44F2N4O5SSi. The van der Waals surface area contributed by atoms with E-state index in [2.05, 4.69) is 25.0 Å². The van der Waals surface area contributed by atoms with E-state index < -0.39 is 54.5 Å². The van der Waals surface area contributed by atoms with Crippen LogP contribution >= 0.6 is 11.8 Å². The first-order valence-corrected chi connectivity index (χ1v) is 18.5. The molecule has 1 unspecified atom stereocenters. The topological polar surface area (TPSA) is 126 Å². The molecule has 0 radical (unpaired) electrons. The number of thioether (sulfide) groups is 1. The number of anilines is 1. The molecule has 4 atom stereocenters. The molecule has 0 bridgehead atoms. The third kappa shape index (κ3) is 7.72. The summed E-state index contributed by atoms with van der Waals surface area (Å²) < 4.78 is 41.0. The minimum atomic E-state index is -1.76. The number of carbonyl (C=O) groups excluding carboxylic acids is 1. The Kier molecular flexibility index (Phi) is 10.5. The number of hydrogen-bond donors (Lipinski definition) is 3. The van der Waals surface area contributed by atoms with Crippen molar-refractivity contribution in [3.63, 3.8) is 0 Å². The quantitative estimate of drug-likeness (QED) is 0.0925. The van der Waals surface area contributed by atoms with Crippen molar-refractivity contribution < 1.29 is 33.0 Å². The van der Waals surface area contributed by atoms with Crippen LogP contribution in [0.25, 0.3) is 0 Å². The first-order chi connectivity index (χ1) is 19.5. The molecule has 0 aromatic heterocycles. The van der Waals surface area contributed by atoms with E-state index in [0.29, 0.717) is 26.2 Å². The number of nitrogens with zero attached hydrogens (tertiary/aromatic N) is 2. The molecule has 42 heavy (non-hydrogen) atoms. The Morgan fingerprint density at radius 1 is 1.33 bits per heavy atom. The van der Waals surface area contributed by atoms with Crippen molar-refractivity contribution in [2.24, 2.45) is 16.3 Å². The Hall–Kier alpha value is -2.48. The predicted molar refractivity (Wildman–Crippen MR) is 166 cm³/mol. The van der Waals surface area contributed by atoms with E-state index >= 15 is 8.78 Å². The van der Waals surface area contributed by atoms with Crippen LogP contribution in [0, 0.1) is 17.2 Å². The summed E-state index contributed by atoms with van der Waals surface area (Å²) in [4.78, 5) is 31.2. The highest BCUT2D eigenvalue weighted by Gasteiger charge is 2.68. The van der Waals surface area contributed by atoms with Crippen LogP contribution in [0.2, 0.25) is 25.7 Å². The van der Waals surface area contributed by atoms with Crippen LogP contribution < -0.4 is 11.1 Å². The molecule has 1 aromatic rings. The Labute approximate surface area is 252 Å². The zero-order valence-electron chi connectivity index (χ0n) is 25.5. The number of carboxylic acid groups (broad SMARTS) is 1. The van der Waals surface area contributed by atoms with E-state index in [9.17, 15) is 14.7 Å². The summed E-state index contributed by atoms with van der Waals surface area (Å²) in [5.74, 6) is -1.63. The lowest BCUT2D eigenvalue weighted by molar-refractivity contribution is -0.116. The number of hydrogen-bond acceptors (Lipinski definition) is 7. The summed E-state index contributed by atoms with van der Waals surface area (Å²) in [5, 5.41) is 13.2. The van der Waals surface area contributed by atoms with Crippen molar-refractivity contribution in [2.75, 3.05) is 39.3 Å². The maximum absolute atomic E-state index is 15.4. The fourth-order valence-corrected chi connectivity index (χ4v) is 7.32. The van der Waals surface area contributed by atoms with Gasteiger partial charge < -0.3 is 25.6 Å². The van der Waals surface area contributed by atoms with Gasteiger partial charge in [-0.15, -0.1) is 0 Å². The molecule has 9 nitrogen and oxygen atoms in total. The van der Waals surface area contributed by atoms with Crippen LogP contribution in [-0.2, 0) is 19.8 Å². The van der Waals surface area contributed by atoms with Crippen LogP contribution in [0.5, 0.6) is 0 Å². The summed E-state index contributed by atoms with van der Waals surface area (Å²) in [6, 6.07) is 4.70. The van der Waals surface area contributed by atoms with Crippen molar-refractivity contribution in [1.29, 1.82) is 0 Å². The fraction of sp³-hybridized carbons (Fsp3) is 0.621. The third-order valence-corrected chi connectivity index (χ3v) is 10.5. The number of halogens is 2. The maximum Gasteiger partial charge on any atom is 0.415 e. The minimum Gasteiger partial charge on any atom is -0.465 e. The first-order valence-electron chi connectivity index (χ1n) is 14.0. The van der Waals surface area contributed by atoms with Gasteiger partial charge in [0, 0.05) is 61.7 Å². The van der Waals surface area contributed by atoms with E-state index in [-0.39, 0.29) is 22.3 Å². The normalized spacial score (nSPS) is 24.6. The minimum absolute atomic E-state index is 0.0203. The fourth-order valence-electron chi connectivity index (χ4n) is 5.05. The molecular weight excluding hydrogens is 582 g/mol. The zero-order chi connectivity index (χ0) is 31.5. The molecule has 1 aromatic carbocycles. The van der Waals surface area contributed by atoms with Crippen molar-refractivity contribution in [2.45, 2.75) is 69.4 Å². The highest BCUT2D eigenvalue weighted by molar-refractivity contribution is 8.15. The van der Waals surface area contributed by atoms with Crippen molar-refractivity contribution in [3.05, 3.63) is 41.7 Å². The number of nitrogen functional groups attached to an aromatic ring is 1. The van der Waals surface area contributed by atoms with E-state index in [1.54, 1.807) is 6.08 Å². The molecule has 1 aliphatic heterocycles. The molecule has 1 aliphatic carbocycles. The number of nitrogens with one attached hydrogen (secondary N) is 1. The van der Waals surface area contributed by atoms with E-state index in [1.165, 1.54) is 25.3 Å². The zero-order valence-corrected chi connectivity index (χ0v) is 27.3. The summed E-state index contributed by atoms with van der Waals surface area (Å²) in [6.45, 7) is 12.0. The van der Waals surface area contributed by atoms with E-state index in [4.69, 9.17) is 20.2 Å². The van der Waals surface area contributed by atoms with Gasteiger partial charge in [-0.25, -0.2) is 23.5 Å². The average Bonchev–Trinajstić information content (AvgIpc) is 3.62. The second kappa shape index (κ2) is 13.0. The van der Waals surface area contributed by atoms with Crippen LogP contribution in [0.4, 0.5) is 19.3 Å². The van der Waals surface area contributed by atoms with Gasteiger partial charge in [-0.05, 0) is 30.7 Å². The van der Waals surface area contributed by atoms with Crippen LogP contribution in [0.1, 0.15) is 32.8 Å². The highest BCUT2D eigenvalue weighted by Crippen LogP contribution is 2.67. The van der Waals surface area contributed by atoms with Gasteiger partial charge in [0.15, 0.2) is 5.17 Å². The number of amidine groups is 1. The summed E-state index contributed by atoms with van der Waals surface area (Å²) >= 11 is 1.13. The van der Waals surface area contributed by atoms with Gasteiger partial charge in [-0.1, -0.05) is 58.3 Å². The van der Waals surface area contributed by atoms with Gasteiger partial charge in [-0.2, -0.15) is 0 Å². The Bertz CT molecular complexity index is 1220.